The fourth-order valence-corrected chi connectivity index (χ4v) is 2.99. The van der Waals surface area contributed by atoms with Crippen LogP contribution in [0.4, 0.5) is 0 Å². The first-order valence-electron chi connectivity index (χ1n) is 7.90. The number of aliphatic hydroxyl groups is 1. The topological polar surface area (TPSA) is 57.6 Å². The molecule has 0 fully saturated rings. The highest BCUT2D eigenvalue weighted by Crippen LogP contribution is 2.30. The van der Waals surface area contributed by atoms with Crippen LogP contribution in [-0.2, 0) is 16.0 Å². The summed E-state index contributed by atoms with van der Waals surface area (Å²) >= 11 is 0. The number of benzene rings is 2. The molecule has 0 atom stereocenters. The molecule has 1 aliphatic heterocycles. The Morgan fingerprint density at radius 1 is 0.958 bits per heavy atom. The largest absolute Gasteiger partial charge is 0.502 e. The first kappa shape index (κ1) is 16.0. The lowest BCUT2D eigenvalue weighted by molar-refractivity contribution is -0.138. The molecule has 122 valence electrons. The summed E-state index contributed by atoms with van der Waals surface area (Å²) in [6.07, 6.45) is 0.561. The van der Waals surface area contributed by atoms with Crippen molar-refractivity contribution in [3.8, 4) is 0 Å². The summed E-state index contributed by atoms with van der Waals surface area (Å²) in [4.78, 5) is 26.1. The molecule has 24 heavy (non-hydrogen) atoms. The van der Waals surface area contributed by atoms with E-state index < -0.39 is 17.6 Å². The molecule has 0 aromatic heterocycles. The molecule has 0 unspecified atom stereocenters. The molecule has 2 amide bonds. The van der Waals surface area contributed by atoms with Crippen LogP contribution < -0.4 is 0 Å². The van der Waals surface area contributed by atoms with E-state index in [0.717, 1.165) is 21.6 Å². The van der Waals surface area contributed by atoms with E-state index in [0.29, 0.717) is 12.0 Å². The van der Waals surface area contributed by atoms with E-state index >= 15 is 0 Å². The van der Waals surface area contributed by atoms with Gasteiger partial charge in [0.1, 0.15) is 0 Å². The van der Waals surface area contributed by atoms with E-state index in [1.54, 1.807) is 6.07 Å². The minimum atomic E-state index is -0.620. The SMILES string of the molecule is Cc1ccc(C2=C(O)C(=O)N(CCc3ccccc3)C2=O)c(C)c1. The minimum Gasteiger partial charge on any atom is -0.502 e. The van der Waals surface area contributed by atoms with Crippen molar-refractivity contribution in [3.63, 3.8) is 0 Å². The van der Waals surface area contributed by atoms with E-state index in [1.165, 1.54) is 0 Å². The number of carbonyl (C=O) groups excluding carboxylic acids is 2. The zero-order valence-electron chi connectivity index (χ0n) is 13.7. The van der Waals surface area contributed by atoms with Crippen molar-refractivity contribution in [1.82, 2.24) is 4.90 Å². The molecule has 0 aliphatic carbocycles. The Morgan fingerprint density at radius 2 is 1.67 bits per heavy atom. The maximum atomic E-state index is 12.7. The summed E-state index contributed by atoms with van der Waals surface area (Å²) in [6.45, 7) is 4.08. The molecule has 0 bridgehead atoms. The third kappa shape index (κ3) is 2.83. The molecule has 3 rings (SSSR count). The molecule has 1 N–H and O–H groups in total. The molecule has 2 aromatic rings. The van der Waals surface area contributed by atoms with Gasteiger partial charge in [-0.1, -0.05) is 54.1 Å². The van der Waals surface area contributed by atoms with Crippen LogP contribution in [0.1, 0.15) is 22.3 Å². The van der Waals surface area contributed by atoms with E-state index in [2.05, 4.69) is 0 Å². The van der Waals surface area contributed by atoms with E-state index in [-0.39, 0.29) is 12.1 Å². The first-order chi connectivity index (χ1) is 11.5. The minimum absolute atomic E-state index is 0.102. The summed E-state index contributed by atoms with van der Waals surface area (Å²) in [5.74, 6) is -1.51. The molecule has 0 radical (unpaired) electrons. The quantitative estimate of drug-likeness (QED) is 0.880. The second-order valence-corrected chi connectivity index (χ2v) is 6.04. The normalized spacial score (nSPS) is 14.7. The zero-order valence-corrected chi connectivity index (χ0v) is 13.7. The lowest BCUT2D eigenvalue weighted by atomic mass is 9.98. The van der Waals surface area contributed by atoms with Gasteiger partial charge < -0.3 is 5.11 Å². The Labute approximate surface area is 141 Å². The van der Waals surface area contributed by atoms with Crippen molar-refractivity contribution in [2.75, 3.05) is 6.54 Å². The molecule has 0 saturated carbocycles. The Balaban J connectivity index is 1.85. The van der Waals surface area contributed by atoms with Crippen LogP contribution in [0.3, 0.4) is 0 Å². The monoisotopic (exact) mass is 321 g/mol. The smallest absolute Gasteiger partial charge is 0.296 e. The molecular formula is C20H19NO3. The van der Waals surface area contributed by atoms with E-state index in [4.69, 9.17) is 0 Å². The molecule has 1 aliphatic rings. The number of hydrogen-bond acceptors (Lipinski definition) is 3. The van der Waals surface area contributed by atoms with Gasteiger partial charge in [-0.15, -0.1) is 0 Å². The fraction of sp³-hybridized carbons (Fsp3) is 0.200. The van der Waals surface area contributed by atoms with Gasteiger partial charge in [-0.05, 0) is 37.0 Å². The van der Waals surface area contributed by atoms with Gasteiger partial charge in [0.15, 0.2) is 5.76 Å². The van der Waals surface area contributed by atoms with Crippen LogP contribution in [0.5, 0.6) is 0 Å². The van der Waals surface area contributed by atoms with Crippen LogP contribution in [-0.4, -0.2) is 28.4 Å². The summed E-state index contributed by atoms with van der Waals surface area (Å²) in [6, 6.07) is 15.2. The van der Waals surface area contributed by atoms with Gasteiger partial charge in [0.25, 0.3) is 11.8 Å². The molecule has 2 aromatic carbocycles. The Kier molecular flexibility index (Phi) is 4.21. The average molecular weight is 321 g/mol. The average Bonchev–Trinajstić information content (AvgIpc) is 2.77. The van der Waals surface area contributed by atoms with Crippen LogP contribution in [0.25, 0.3) is 5.57 Å². The number of nitrogens with zero attached hydrogens (tertiary/aromatic N) is 1. The lowest BCUT2D eigenvalue weighted by Gasteiger charge is -2.15. The van der Waals surface area contributed by atoms with Gasteiger partial charge in [-0.3, -0.25) is 14.5 Å². The summed E-state index contributed by atoms with van der Waals surface area (Å²) in [5, 5.41) is 10.2. The number of hydrogen-bond donors (Lipinski definition) is 1. The Hall–Kier alpha value is -2.88. The number of carbonyl (C=O) groups is 2. The highest BCUT2D eigenvalue weighted by molar-refractivity contribution is 6.35. The van der Waals surface area contributed by atoms with Crippen molar-refractivity contribution in [2.24, 2.45) is 0 Å². The predicted molar refractivity (Wildman–Crippen MR) is 92.3 cm³/mol. The molecule has 4 nitrogen and oxygen atoms in total. The van der Waals surface area contributed by atoms with Crippen LogP contribution in [0.15, 0.2) is 54.3 Å². The molecule has 1 heterocycles. The molecule has 4 heteroatoms. The Morgan fingerprint density at radius 3 is 2.33 bits per heavy atom. The van der Waals surface area contributed by atoms with Crippen LogP contribution >= 0.6 is 0 Å². The van der Waals surface area contributed by atoms with Crippen LogP contribution in [0, 0.1) is 13.8 Å². The van der Waals surface area contributed by atoms with Crippen molar-refractivity contribution < 1.29 is 14.7 Å². The van der Waals surface area contributed by atoms with Crippen molar-refractivity contribution >= 4 is 17.4 Å². The Bertz CT molecular complexity index is 837. The summed E-state index contributed by atoms with van der Waals surface area (Å²) in [5.41, 5.74) is 3.68. The van der Waals surface area contributed by atoms with Crippen LogP contribution in [0.2, 0.25) is 0 Å². The maximum absolute atomic E-state index is 12.7. The number of rotatable bonds is 4. The highest BCUT2D eigenvalue weighted by Gasteiger charge is 2.39. The lowest BCUT2D eigenvalue weighted by Crippen LogP contribution is -2.33. The standard InChI is InChI=1S/C20H19NO3/c1-13-8-9-16(14(2)12-13)17-18(22)20(24)21(19(17)23)11-10-15-6-4-3-5-7-15/h3-9,12,22H,10-11H2,1-2H3. The van der Waals surface area contributed by atoms with Gasteiger partial charge in [0.05, 0.1) is 5.57 Å². The zero-order chi connectivity index (χ0) is 17.3. The second kappa shape index (κ2) is 6.32. The highest BCUT2D eigenvalue weighted by atomic mass is 16.3. The van der Waals surface area contributed by atoms with Gasteiger partial charge in [-0.2, -0.15) is 0 Å². The third-order valence-electron chi connectivity index (χ3n) is 4.26. The number of aryl methyl sites for hydroxylation is 2. The summed E-state index contributed by atoms with van der Waals surface area (Å²) in [7, 11) is 0. The van der Waals surface area contributed by atoms with E-state index in [1.807, 2.05) is 56.3 Å². The van der Waals surface area contributed by atoms with Gasteiger partial charge in [-0.25, -0.2) is 0 Å². The van der Waals surface area contributed by atoms with Gasteiger partial charge in [0.2, 0.25) is 0 Å². The molecule has 0 spiro atoms. The number of imide groups is 1. The van der Waals surface area contributed by atoms with Gasteiger partial charge in [0, 0.05) is 6.54 Å². The predicted octanol–water partition coefficient (Wildman–Crippen LogP) is 3.18. The third-order valence-corrected chi connectivity index (χ3v) is 4.26. The van der Waals surface area contributed by atoms with E-state index in [9.17, 15) is 14.7 Å². The second-order valence-electron chi connectivity index (χ2n) is 6.04. The fourth-order valence-electron chi connectivity index (χ4n) is 2.99. The number of amides is 2. The first-order valence-corrected chi connectivity index (χ1v) is 7.90. The van der Waals surface area contributed by atoms with Crippen molar-refractivity contribution in [1.29, 1.82) is 0 Å². The van der Waals surface area contributed by atoms with Crippen molar-refractivity contribution in [3.05, 3.63) is 76.5 Å². The van der Waals surface area contributed by atoms with Crippen molar-refractivity contribution in [2.45, 2.75) is 20.3 Å². The van der Waals surface area contributed by atoms with Gasteiger partial charge >= 0.3 is 0 Å². The number of aliphatic hydroxyl groups excluding tert-OH is 1. The molecule has 0 saturated heterocycles. The maximum Gasteiger partial charge on any atom is 0.296 e. The summed E-state index contributed by atoms with van der Waals surface area (Å²) < 4.78 is 0. The molecular weight excluding hydrogens is 302 g/mol.